The lowest BCUT2D eigenvalue weighted by atomic mass is 10.1. The van der Waals surface area contributed by atoms with Crippen molar-refractivity contribution in [2.75, 3.05) is 32.1 Å². The van der Waals surface area contributed by atoms with Crippen molar-refractivity contribution >= 4 is 17.3 Å². The number of likely N-dealkylation sites (N-methyl/N-ethyl adjacent to an activating group) is 2. The highest BCUT2D eigenvalue weighted by Crippen LogP contribution is 2.29. The summed E-state index contributed by atoms with van der Waals surface area (Å²) in [4.78, 5) is 4.52. The third-order valence-electron chi connectivity index (χ3n) is 3.31. The maximum Gasteiger partial charge on any atom is 0.0643 e. The second-order valence-electron chi connectivity index (χ2n) is 5.40. The van der Waals surface area contributed by atoms with Gasteiger partial charge in [0.15, 0.2) is 0 Å². The molecule has 0 aliphatic carbocycles. The second kappa shape index (κ2) is 7.13. The molecule has 3 nitrogen and oxygen atoms in total. The molecule has 0 heterocycles. The molecule has 0 aromatic heterocycles. The van der Waals surface area contributed by atoms with Crippen molar-refractivity contribution in [3.05, 3.63) is 28.8 Å². The minimum Gasteiger partial charge on any atom is -0.367 e. The van der Waals surface area contributed by atoms with Crippen LogP contribution in [0.2, 0.25) is 5.02 Å². The quantitative estimate of drug-likeness (QED) is 0.871. The molecule has 0 radical (unpaired) electrons. The van der Waals surface area contributed by atoms with Crippen molar-refractivity contribution in [2.24, 2.45) is 5.73 Å². The zero-order chi connectivity index (χ0) is 14.6. The van der Waals surface area contributed by atoms with Crippen LogP contribution in [0.3, 0.4) is 0 Å². The van der Waals surface area contributed by atoms with Crippen LogP contribution in [-0.2, 0) is 0 Å². The molecule has 1 aromatic carbocycles. The molecule has 1 rings (SSSR count). The third-order valence-corrected chi connectivity index (χ3v) is 3.61. The van der Waals surface area contributed by atoms with Gasteiger partial charge in [-0.05, 0) is 52.6 Å². The van der Waals surface area contributed by atoms with Crippen LogP contribution in [0.5, 0.6) is 0 Å². The molecule has 108 valence electrons. The van der Waals surface area contributed by atoms with Gasteiger partial charge in [-0.2, -0.15) is 0 Å². The van der Waals surface area contributed by atoms with Gasteiger partial charge in [0.2, 0.25) is 0 Å². The molecule has 1 aromatic rings. The van der Waals surface area contributed by atoms with Crippen LogP contribution in [0.25, 0.3) is 0 Å². The van der Waals surface area contributed by atoms with Gasteiger partial charge in [0.05, 0.1) is 10.7 Å². The van der Waals surface area contributed by atoms with Crippen molar-refractivity contribution < 1.29 is 0 Å². The van der Waals surface area contributed by atoms with Crippen molar-refractivity contribution in [3.63, 3.8) is 0 Å². The number of hydrogen-bond donors (Lipinski definition) is 1. The first-order valence-electron chi connectivity index (χ1n) is 6.83. The molecule has 4 heteroatoms. The Hall–Kier alpha value is -0.770. The van der Waals surface area contributed by atoms with Gasteiger partial charge in [0, 0.05) is 25.2 Å². The summed E-state index contributed by atoms with van der Waals surface area (Å²) in [6, 6.07) is 6.56. The Labute approximate surface area is 122 Å². The predicted octanol–water partition coefficient (Wildman–Crippen LogP) is 3.14. The molecule has 0 spiro atoms. The molecular formula is C15H26ClN3. The molecule has 2 N–H and O–H groups in total. The lowest BCUT2D eigenvalue weighted by molar-refractivity contribution is 0.373. The number of benzene rings is 1. The largest absolute Gasteiger partial charge is 0.367 e. The van der Waals surface area contributed by atoms with Crippen LogP contribution >= 0.6 is 11.6 Å². The summed E-state index contributed by atoms with van der Waals surface area (Å²) in [6.45, 7) is 8.28. The maximum absolute atomic E-state index is 6.42. The van der Waals surface area contributed by atoms with E-state index < -0.39 is 0 Å². The van der Waals surface area contributed by atoms with Crippen molar-refractivity contribution in [3.8, 4) is 0 Å². The van der Waals surface area contributed by atoms with E-state index in [9.17, 15) is 0 Å². The van der Waals surface area contributed by atoms with Crippen LogP contribution in [0.4, 0.5) is 5.69 Å². The number of rotatable bonds is 6. The summed E-state index contributed by atoms with van der Waals surface area (Å²) in [5, 5.41) is 0.780. The van der Waals surface area contributed by atoms with Crippen LogP contribution in [0.1, 0.15) is 32.4 Å². The van der Waals surface area contributed by atoms with Gasteiger partial charge < -0.3 is 15.5 Å². The minimum atomic E-state index is 0.0147. The smallest absolute Gasteiger partial charge is 0.0643 e. The van der Waals surface area contributed by atoms with Gasteiger partial charge in [0.25, 0.3) is 0 Å². The molecule has 0 saturated heterocycles. The van der Waals surface area contributed by atoms with E-state index in [1.54, 1.807) is 0 Å². The Balaban J connectivity index is 2.98. The molecule has 2 atom stereocenters. The monoisotopic (exact) mass is 283 g/mol. The summed E-state index contributed by atoms with van der Waals surface area (Å²) >= 11 is 6.42. The van der Waals surface area contributed by atoms with E-state index in [1.807, 2.05) is 13.0 Å². The van der Waals surface area contributed by atoms with Crippen molar-refractivity contribution in [1.82, 2.24) is 4.90 Å². The maximum atomic E-state index is 6.42. The van der Waals surface area contributed by atoms with Crippen LogP contribution in [-0.4, -0.2) is 38.1 Å². The summed E-state index contributed by atoms with van der Waals surface area (Å²) in [6.07, 6.45) is 0. The summed E-state index contributed by atoms with van der Waals surface area (Å²) in [5.74, 6) is 0. The third kappa shape index (κ3) is 4.37. The molecule has 0 saturated carbocycles. The number of hydrogen-bond acceptors (Lipinski definition) is 3. The fraction of sp³-hybridized carbons (Fsp3) is 0.600. The Bertz CT molecular complexity index is 404. The highest BCUT2D eigenvalue weighted by Gasteiger charge is 2.16. The van der Waals surface area contributed by atoms with E-state index >= 15 is 0 Å². The van der Waals surface area contributed by atoms with Gasteiger partial charge in [-0.1, -0.05) is 17.7 Å². The highest BCUT2D eigenvalue weighted by atomic mass is 35.5. The number of nitrogens with two attached hydrogens (primary N) is 1. The topological polar surface area (TPSA) is 32.5 Å². The first-order chi connectivity index (χ1) is 8.86. The number of anilines is 1. The first-order valence-corrected chi connectivity index (χ1v) is 7.21. The molecule has 0 amide bonds. The fourth-order valence-electron chi connectivity index (χ4n) is 2.39. The average molecular weight is 284 g/mol. The van der Waals surface area contributed by atoms with E-state index in [-0.39, 0.29) is 6.04 Å². The van der Waals surface area contributed by atoms with Gasteiger partial charge in [-0.15, -0.1) is 0 Å². The SMILES string of the molecule is CCN(c1ccc([C@H](C)N)cc1Cl)C(C)CN(C)C. The van der Waals surface area contributed by atoms with Gasteiger partial charge >= 0.3 is 0 Å². The van der Waals surface area contributed by atoms with Crippen molar-refractivity contribution in [2.45, 2.75) is 32.9 Å². The molecule has 0 aliphatic heterocycles. The van der Waals surface area contributed by atoms with Crippen LogP contribution in [0, 0.1) is 0 Å². The Morgan fingerprint density at radius 1 is 1.26 bits per heavy atom. The summed E-state index contributed by atoms with van der Waals surface area (Å²) in [5.41, 5.74) is 8.05. The van der Waals surface area contributed by atoms with Crippen molar-refractivity contribution in [1.29, 1.82) is 0 Å². The van der Waals surface area contributed by atoms with E-state index in [0.29, 0.717) is 6.04 Å². The second-order valence-corrected chi connectivity index (χ2v) is 5.80. The fourth-order valence-corrected chi connectivity index (χ4v) is 2.68. The minimum absolute atomic E-state index is 0.0147. The Morgan fingerprint density at radius 2 is 1.89 bits per heavy atom. The average Bonchev–Trinajstić information content (AvgIpc) is 2.30. The van der Waals surface area contributed by atoms with Gasteiger partial charge in [-0.3, -0.25) is 0 Å². The predicted molar refractivity (Wildman–Crippen MR) is 85.1 cm³/mol. The molecule has 0 aliphatic rings. The number of nitrogens with zero attached hydrogens (tertiary/aromatic N) is 2. The lowest BCUT2D eigenvalue weighted by Crippen LogP contribution is -2.40. The first kappa shape index (κ1) is 16.3. The highest BCUT2D eigenvalue weighted by molar-refractivity contribution is 6.33. The summed E-state index contributed by atoms with van der Waals surface area (Å²) in [7, 11) is 4.18. The van der Waals surface area contributed by atoms with E-state index in [0.717, 1.165) is 29.4 Å². The zero-order valence-electron chi connectivity index (χ0n) is 12.7. The summed E-state index contributed by atoms with van der Waals surface area (Å²) < 4.78 is 0. The van der Waals surface area contributed by atoms with E-state index in [2.05, 4.69) is 49.9 Å². The Morgan fingerprint density at radius 3 is 2.32 bits per heavy atom. The van der Waals surface area contributed by atoms with E-state index in [4.69, 9.17) is 17.3 Å². The zero-order valence-corrected chi connectivity index (χ0v) is 13.4. The lowest BCUT2D eigenvalue weighted by Gasteiger charge is -2.33. The molecule has 1 unspecified atom stereocenters. The van der Waals surface area contributed by atoms with Crippen LogP contribution < -0.4 is 10.6 Å². The number of halogens is 1. The Kier molecular flexibility index (Phi) is 6.11. The molecule has 0 bridgehead atoms. The molecule has 0 fully saturated rings. The standard InChI is InChI=1S/C15H26ClN3/c1-6-19(11(2)10-18(4)5)15-8-7-13(12(3)17)9-14(15)16/h7-9,11-12H,6,10,17H2,1-5H3/t11?,12-/m0/s1. The molecule has 19 heavy (non-hydrogen) atoms. The normalized spacial score (nSPS) is 14.5. The van der Waals surface area contributed by atoms with Gasteiger partial charge in [0.1, 0.15) is 0 Å². The van der Waals surface area contributed by atoms with Gasteiger partial charge in [-0.25, -0.2) is 0 Å². The molecular weight excluding hydrogens is 258 g/mol. The van der Waals surface area contributed by atoms with Crippen LogP contribution in [0.15, 0.2) is 18.2 Å². The van der Waals surface area contributed by atoms with E-state index in [1.165, 1.54) is 0 Å².